The van der Waals surface area contributed by atoms with Crippen molar-refractivity contribution in [1.29, 1.82) is 0 Å². The van der Waals surface area contributed by atoms with Crippen molar-refractivity contribution in [3.05, 3.63) is 28.2 Å². The fourth-order valence-electron chi connectivity index (χ4n) is 1.79. The molecule has 0 bridgehead atoms. The smallest absolute Gasteiger partial charge is 0.120 e. The van der Waals surface area contributed by atoms with Gasteiger partial charge in [-0.2, -0.15) is 0 Å². The maximum Gasteiger partial charge on any atom is 0.120 e. The summed E-state index contributed by atoms with van der Waals surface area (Å²) < 4.78 is 7.23. The second-order valence-corrected chi connectivity index (χ2v) is 6.72. The van der Waals surface area contributed by atoms with Gasteiger partial charge in [-0.05, 0) is 49.1 Å². The van der Waals surface area contributed by atoms with Gasteiger partial charge in [0.05, 0.1) is 0 Å². The molecule has 19 heavy (non-hydrogen) atoms. The Labute approximate surface area is 126 Å². The lowest BCUT2D eigenvalue weighted by atomic mass is 10.1. The summed E-state index contributed by atoms with van der Waals surface area (Å²) >= 11 is 3.51. The molecule has 1 aromatic rings. The molecule has 1 aromatic carbocycles. The number of hydrogen-bond donors (Lipinski definition) is 1. The normalized spacial score (nSPS) is 13.1. The Morgan fingerprint density at radius 2 is 1.84 bits per heavy atom. The van der Waals surface area contributed by atoms with Crippen LogP contribution in [0.4, 0.5) is 0 Å². The molecule has 0 heterocycles. The first kappa shape index (κ1) is 16.5. The number of nitrogens with one attached hydrogen (secondary N) is 1. The zero-order valence-corrected chi connectivity index (χ0v) is 14.3. The van der Waals surface area contributed by atoms with Gasteiger partial charge in [0.15, 0.2) is 0 Å². The summed E-state index contributed by atoms with van der Waals surface area (Å²) in [6.07, 6.45) is 0.208. The molecular formula is C16H26BrNO. The average molecular weight is 328 g/mol. The molecule has 0 saturated carbocycles. The number of benzene rings is 1. The van der Waals surface area contributed by atoms with Gasteiger partial charge in [-0.3, -0.25) is 0 Å². The van der Waals surface area contributed by atoms with E-state index in [1.165, 1.54) is 5.56 Å². The Morgan fingerprint density at radius 1 is 1.16 bits per heavy atom. The molecule has 1 N–H and O–H groups in total. The molecule has 0 saturated heterocycles. The van der Waals surface area contributed by atoms with E-state index in [-0.39, 0.29) is 6.10 Å². The quantitative estimate of drug-likeness (QED) is 0.801. The summed E-state index contributed by atoms with van der Waals surface area (Å²) in [5.41, 5.74) is 1.20. The molecule has 0 aromatic heterocycles. The molecule has 1 rings (SSSR count). The van der Waals surface area contributed by atoms with Crippen molar-refractivity contribution < 1.29 is 4.74 Å². The highest BCUT2D eigenvalue weighted by atomic mass is 79.9. The maximum atomic E-state index is 6.11. The summed E-state index contributed by atoms with van der Waals surface area (Å²) in [7, 11) is 0. The second kappa shape index (κ2) is 7.91. The number of halogens is 1. The highest BCUT2D eigenvalue weighted by molar-refractivity contribution is 9.10. The first-order valence-corrected chi connectivity index (χ1v) is 7.83. The van der Waals surface area contributed by atoms with E-state index >= 15 is 0 Å². The van der Waals surface area contributed by atoms with Crippen LogP contribution in [0.3, 0.4) is 0 Å². The fourth-order valence-corrected chi connectivity index (χ4v) is 2.04. The van der Waals surface area contributed by atoms with Gasteiger partial charge in [-0.1, -0.05) is 43.6 Å². The molecule has 3 heteroatoms. The van der Waals surface area contributed by atoms with Crippen LogP contribution in [-0.4, -0.2) is 19.2 Å². The Kier molecular flexibility index (Phi) is 6.87. The van der Waals surface area contributed by atoms with Crippen LogP contribution in [-0.2, 0) is 0 Å². The van der Waals surface area contributed by atoms with Gasteiger partial charge in [0.1, 0.15) is 11.9 Å². The van der Waals surface area contributed by atoms with Crippen LogP contribution >= 0.6 is 15.9 Å². The fraction of sp³-hybridized carbons (Fsp3) is 0.625. The molecule has 0 aliphatic carbocycles. The van der Waals surface area contributed by atoms with Crippen LogP contribution in [0.2, 0.25) is 0 Å². The van der Waals surface area contributed by atoms with Gasteiger partial charge in [-0.25, -0.2) is 0 Å². The molecule has 108 valence electrons. The number of rotatable bonds is 7. The van der Waals surface area contributed by atoms with Crippen molar-refractivity contribution in [3.63, 3.8) is 0 Å². The lowest BCUT2D eigenvalue weighted by molar-refractivity contribution is 0.148. The summed E-state index contributed by atoms with van der Waals surface area (Å²) in [4.78, 5) is 0. The predicted molar refractivity (Wildman–Crippen MR) is 85.8 cm³/mol. The summed E-state index contributed by atoms with van der Waals surface area (Å²) in [6.45, 7) is 12.8. The Hall–Kier alpha value is -0.540. The molecule has 0 amide bonds. The third-order valence-electron chi connectivity index (χ3n) is 3.06. The first-order chi connectivity index (χ1) is 8.90. The SMILES string of the molecule is Cc1cc(OC(CNCC(C)C)C(C)C)ccc1Br. The van der Waals surface area contributed by atoms with Crippen LogP contribution in [0.25, 0.3) is 0 Å². The van der Waals surface area contributed by atoms with E-state index in [0.717, 1.165) is 23.3 Å². The Balaban J connectivity index is 2.59. The zero-order chi connectivity index (χ0) is 14.4. The van der Waals surface area contributed by atoms with Crippen molar-refractivity contribution in [2.75, 3.05) is 13.1 Å². The lowest BCUT2D eigenvalue weighted by Crippen LogP contribution is -2.36. The summed E-state index contributed by atoms with van der Waals surface area (Å²) in [6, 6.07) is 6.15. The minimum absolute atomic E-state index is 0.208. The molecule has 0 aliphatic rings. The monoisotopic (exact) mass is 327 g/mol. The molecule has 0 spiro atoms. The van der Waals surface area contributed by atoms with Crippen molar-refractivity contribution in [3.8, 4) is 5.75 Å². The number of ether oxygens (including phenoxy) is 1. The topological polar surface area (TPSA) is 21.3 Å². The van der Waals surface area contributed by atoms with Crippen LogP contribution in [0, 0.1) is 18.8 Å². The standard InChI is InChI=1S/C16H26BrNO/c1-11(2)9-18-10-16(12(3)4)19-14-6-7-15(17)13(5)8-14/h6-8,11-12,16,18H,9-10H2,1-5H3. The largest absolute Gasteiger partial charge is 0.489 e. The number of aryl methyl sites for hydroxylation is 1. The molecule has 0 fully saturated rings. The van der Waals surface area contributed by atoms with Crippen LogP contribution in [0.1, 0.15) is 33.3 Å². The van der Waals surface area contributed by atoms with Crippen molar-refractivity contribution >= 4 is 15.9 Å². The van der Waals surface area contributed by atoms with E-state index in [4.69, 9.17) is 4.74 Å². The van der Waals surface area contributed by atoms with E-state index < -0.39 is 0 Å². The van der Waals surface area contributed by atoms with E-state index in [1.807, 2.05) is 12.1 Å². The maximum absolute atomic E-state index is 6.11. The van der Waals surface area contributed by atoms with Gasteiger partial charge in [0.2, 0.25) is 0 Å². The van der Waals surface area contributed by atoms with Crippen LogP contribution < -0.4 is 10.1 Å². The highest BCUT2D eigenvalue weighted by Crippen LogP contribution is 2.23. The van der Waals surface area contributed by atoms with E-state index in [1.54, 1.807) is 0 Å². The van der Waals surface area contributed by atoms with Gasteiger partial charge >= 0.3 is 0 Å². The van der Waals surface area contributed by atoms with Crippen LogP contribution in [0.5, 0.6) is 5.75 Å². The van der Waals surface area contributed by atoms with E-state index in [9.17, 15) is 0 Å². The van der Waals surface area contributed by atoms with Crippen LogP contribution in [0.15, 0.2) is 22.7 Å². The van der Waals surface area contributed by atoms with Gasteiger partial charge in [0.25, 0.3) is 0 Å². The van der Waals surface area contributed by atoms with Gasteiger partial charge in [0, 0.05) is 11.0 Å². The second-order valence-electron chi connectivity index (χ2n) is 5.86. The minimum atomic E-state index is 0.208. The lowest BCUT2D eigenvalue weighted by Gasteiger charge is -2.24. The van der Waals surface area contributed by atoms with Crippen molar-refractivity contribution in [1.82, 2.24) is 5.32 Å². The minimum Gasteiger partial charge on any atom is -0.489 e. The summed E-state index contributed by atoms with van der Waals surface area (Å²) in [5, 5.41) is 3.48. The third kappa shape index (κ3) is 5.96. The predicted octanol–water partition coefficient (Wildman–Crippen LogP) is 4.41. The zero-order valence-electron chi connectivity index (χ0n) is 12.7. The molecule has 0 aliphatic heterocycles. The molecule has 1 atom stereocenters. The third-order valence-corrected chi connectivity index (χ3v) is 3.95. The van der Waals surface area contributed by atoms with Gasteiger partial charge < -0.3 is 10.1 Å². The van der Waals surface area contributed by atoms with Crippen molar-refractivity contribution in [2.45, 2.75) is 40.7 Å². The summed E-state index contributed by atoms with van der Waals surface area (Å²) in [5.74, 6) is 2.11. The van der Waals surface area contributed by atoms with Crippen molar-refractivity contribution in [2.24, 2.45) is 11.8 Å². The molecule has 1 unspecified atom stereocenters. The van der Waals surface area contributed by atoms with Gasteiger partial charge in [-0.15, -0.1) is 0 Å². The number of hydrogen-bond acceptors (Lipinski definition) is 2. The molecule has 2 nitrogen and oxygen atoms in total. The Bertz CT molecular complexity index is 390. The van der Waals surface area contributed by atoms with E-state index in [2.05, 4.69) is 61.9 Å². The highest BCUT2D eigenvalue weighted by Gasteiger charge is 2.15. The first-order valence-electron chi connectivity index (χ1n) is 7.03. The molecule has 0 radical (unpaired) electrons. The average Bonchev–Trinajstić information content (AvgIpc) is 2.32. The van der Waals surface area contributed by atoms with E-state index in [0.29, 0.717) is 11.8 Å². The molecular weight excluding hydrogens is 302 g/mol. The Morgan fingerprint density at radius 3 is 2.37 bits per heavy atom.